The van der Waals surface area contributed by atoms with Gasteiger partial charge in [0.1, 0.15) is 0 Å². The SMILES string of the molecule is O=C(NC[C@@H]1CCCc2ccccc21)c1ccsc1. The normalized spacial score (nSPS) is 17.8. The first-order chi connectivity index (χ1) is 9.34. The molecule has 1 amide bonds. The monoisotopic (exact) mass is 271 g/mol. The maximum Gasteiger partial charge on any atom is 0.252 e. The van der Waals surface area contributed by atoms with Crippen molar-refractivity contribution in [3.63, 3.8) is 0 Å². The molecule has 2 nitrogen and oxygen atoms in total. The summed E-state index contributed by atoms with van der Waals surface area (Å²) in [5.74, 6) is 0.511. The van der Waals surface area contributed by atoms with Crippen LogP contribution in [0.4, 0.5) is 0 Å². The number of benzene rings is 1. The Kier molecular flexibility index (Phi) is 3.65. The molecule has 1 atom stereocenters. The molecule has 0 fully saturated rings. The number of carbonyl (C=O) groups excluding carboxylic acids is 1. The fourth-order valence-corrected chi connectivity index (χ4v) is 3.41. The Bertz CT molecular complexity index is 562. The van der Waals surface area contributed by atoms with Crippen LogP contribution in [0.5, 0.6) is 0 Å². The van der Waals surface area contributed by atoms with Gasteiger partial charge in [-0.2, -0.15) is 11.3 Å². The Labute approximate surface area is 117 Å². The van der Waals surface area contributed by atoms with E-state index in [2.05, 4.69) is 29.6 Å². The lowest BCUT2D eigenvalue weighted by Crippen LogP contribution is -2.29. The van der Waals surface area contributed by atoms with Crippen LogP contribution < -0.4 is 5.32 Å². The second-order valence-electron chi connectivity index (χ2n) is 5.01. The number of amides is 1. The Morgan fingerprint density at radius 1 is 1.32 bits per heavy atom. The average molecular weight is 271 g/mol. The lowest BCUT2D eigenvalue weighted by molar-refractivity contribution is 0.0950. The number of aryl methyl sites for hydroxylation is 1. The van der Waals surface area contributed by atoms with E-state index in [9.17, 15) is 4.79 Å². The van der Waals surface area contributed by atoms with Gasteiger partial charge < -0.3 is 5.32 Å². The predicted octanol–water partition coefficient (Wildman–Crippen LogP) is 3.60. The van der Waals surface area contributed by atoms with E-state index < -0.39 is 0 Å². The average Bonchev–Trinajstić information content (AvgIpc) is 2.99. The summed E-state index contributed by atoms with van der Waals surface area (Å²) in [5, 5.41) is 6.89. The molecule has 1 aliphatic carbocycles. The fraction of sp³-hybridized carbons (Fsp3) is 0.312. The summed E-state index contributed by atoms with van der Waals surface area (Å²) in [6, 6.07) is 10.5. The number of rotatable bonds is 3. The molecular weight excluding hydrogens is 254 g/mol. The summed E-state index contributed by atoms with van der Waals surface area (Å²) < 4.78 is 0. The number of hydrogen-bond donors (Lipinski definition) is 1. The molecular formula is C16H17NOS. The minimum atomic E-state index is 0.0457. The molecule has 1 aromatic carbocycles. The van der Waals surface area contributed by atoms with Crippen molar-refractivity contribution in [1.29, 1.82) is 0 Å². The van der Waals surface area contributed by atoms with Crippen molar-refractivity contribution in [1.82, 2.24) is 5.32 Å². The van der Waals surface area contributed by atoms with Crippen molar-refractivity contribution in [2.24, 2.45) is 0 Å². The van der Waals surface area contributed by atoms with Gasteiger partial charge in [0.05, 0.1) is 0 Å². The quantitative estimate of drug-likeness (QED) is 0.908. The molecule has 0 saturated heterocycles. The Morgan fingerprint density at radius 2 is 2.21 bits per heavy atom. The lowest BCUT2D eigenvalue weighted by Gasteiger charge is -2.25. The van der Waals surface area contributed by atoms with Crippen molar-refractivity contribution < 1.29 is 4.79 Å². The molecule has 0 spiro atoms. The molecule has 1 heterocycles. The molecule has 19 heavy (non-hydrogen) atoms. The Hall–Kier alpha value is -1.61. The molecule has 3 rings (SSSR count). The molecule has 98 valence electrons. The summed E-state index contributed by atoms with van der Waals surface area (Å²) >= 11 is 1.56. The summed E-state index contributed by atoms with van der Waals surface area (Å²) in [6.07, 6.45) is 3.56. The van der Waals surface area contributed by atoms with Crippen LogP contribution >= 0.6 is 11.3 Å². The van der Waals surface area contributed by atoms with Crippen molar-refractivity contribution in [3.05, 3.63) is 57.8 Å². The second kappa shape index (κ2) is 5.57. The fourth-order valence-electron chi connectivity index (χ4n) is 2.78. The van der Waals surface area contributed by atoms with Gasteiger partial charge in [0.2, 0.25) is 0 Å². The summed E-state index contributed by atoms with van der Waals surface area (Å²) in [4.78, 5) is 12.0. The largest absolute Gasteiger partial charge is 0.351 e. The number of hydrogen-bond acceptors (Lipinski definition) is 2. The van der Waals surface area contributed by atoms with Gasteiger partial charge in [-0.05, 0) is 41.8 Å². The van der Waals surface area contributed by atoms with Gasteiger partial charge >= 0.3 is 0 Å². The first-order valence-electron chi connectivity index (χ1n) is 6.73. The van der Waals surface area contributed by atoms with E-state index >= 15 is 0 Å². The highest BCUT2D eigenvalue weighted by atomic mass is 32.1. The van der Waals surface area contributed by atoms with Crippen LogP contribution in [0.25, 0.3) is 0 Å². The third-order valence-electron chi connectivity index (χ3n) is 3.79. The standard InChI is InChI=1S/C16H17NOS/c18-16(14-8-9-19-11-14)17-10-13-6-3-5-12-4-1-2-7-15(12)13/h1-2,4,7-9,11,13H,3,5-6,10H2,(H,17,18)/t13-/m0/s1. The van der Waals surface area contributed by atoms with Crippen molar-refractivity contribution in [2.75, 3.05) is 6.54 Å². The number of fused-ring (bicyclic) bond motifs is 1. The first kappa shape index (κ1) is 12.4. The maximum atomic E-state index is 12.0. The van der Waals surface area contributed by atoms with Crippen molar-refractivity contribution >= 4 is 17.2 Å². The molecule has 2 aromatic rings. The molecule has 0 radical (unpaired) electrons. The zero-order valence-electron chi connectivity index (χ0n) is 10.8. The number of carbonyl (C=O) groups is 1. The maximum absolute atomic E-state index is 12.0. The molecule has 1 aliphatic rings. The van der Waals surface area contributed by atoms with E-state index in [-0.39, 0.29) is 5.91 Å². The Balaban J connectivity index is 1.67. The van der Waals surface area contributed by atoms with Gasteiger partial charge in [0.15, 0.2) is 0 Å². The lowest BCUT2D eigenvalue weighted by atomic mass is 9.83. The van der Waals surface area contributed by atoms with Crippen LogP contribution in [0.15, 0.2) is 41.1 Å². The predicted molar refractivity (Wildman–Crippen MR) is 78.8 cm³/mol. The molecule has 0 aliphatic heterocycles. The zero-order valence-corrected chi connectivity index (χ0v) is 11.6. The van der Waals surface area contributed by atoms with Gasteiger partial charge in [-0.25, -0.2) is 0 Å². The molecule has 1 N–H and O–H groups in total. The third kappa shape index (κ3) is 2.71. The smallest absolute Gasteiger partial charge is 0.252 e. The molecule has 3 heteroatoms. The van der Waals surface area contributed by atoms with Crippen LogP contribution in [0.3, 0.4) is 0 Å². The van der Waals surface area contributed by atoms with Gasteiger partial charge in [-0.15, -0.1) is 0 Å². The van der Waals surface area contributed by atoms with Crippen LogP contribution in [0, 0.1) is 0 Å². The van der Waals surface area contributed by atoms with Crippen LogP contribution in [0.1, 0.15) is 40.2 Å². The van der Waals surface area contributed by atoms with Gasteiger partial charge in [-0.3, -0.25) is 4.79 Å². The zero-order chi connectivity index (χ0) is 13.1. The molecule has 0 saturated carbocycles. The first-order valence-corrected chi connectivity index (χ1v) is 7.67. The van der Waals surface area contributed by atoms with E-state index in [0.29, 0.717) is 5.92 Å². The minimum absolute atomic E-state index is 0.0457. The Morgan fingerprint density at radius 3 is 3.05 bits per heavy atom. The number of thiophene rings is 1. The van der Waals surface area contributed by atoms with E-state index in [1.54, 1.807) is 11.3 Å². The highest BCUT2D eigenvalue weighted by Crippen LogP contribution is 2.30. The van der Waals surface area contributed by atoms with E-state index in [1.165, 1.54) is 30.4 Å². The third-order valence-corrected chi connectivity index (χ3v) is 4.47. The van der Waals surface area contributed by atoms with Crippen molar-refractivity contribution in [2.45, 2.75) is 25.2 Å². The topological polar surface area (TPSA) is 29.1 Å². The molecule has 0 unspecified atom stereocenters. The number of nitrogens with one attached hydrogen (secondary N) is 1. The summed E-state index contributed by atoms with van der Waals surface area (Å²) in [6.45, 7) is 0.742. The van der Waals surface area contributed by atoms with Gasteiger partial charge in [-0.1, -0.05) is 24.3 Å². The molecule has 0 bridgehead atoms. The highest BCUT2D eigenvalue weighted by molar-refractivity contribution is 7.08. The van der Waals surface area contributed by atoms with E-state index in [1.807, 2.05) is 16.8 Å². The van der Waals surface area contributed by atoms with Crippen LogP contribution in [0.2, 0.25) is 0 Å². The highest BCUT2D eigenvalue weighted by Gasteiger charge is 2.20. The second-order valence-corrected chi connectivity index (χ2v) is 5.79. The molecule has 1 aromatic heterocycles. The van der Waals surface area contributed by atoms with Gasteiger partial charge in [0.25, 0.3) is 5.91 Å². The van der Waals surface area contributed by atoms with Gasteiger partial charge in [0, 0.05) is 23.4 Å². The summed E-state index contributed by atoms with van der Waals surface area (Å²) in [7, 11) is 0. The minimum Gasteiger partial charge on any atom is -0.351 e. The van der Waals surface area contributed by atoms with E-state index in [4.69, 9.17) is 0 Å². The van der Waals surface area contributed by atoms with Crippen molar-refractivity contribution in [3.8, 4) is 0 Å². The van der Waals surface area contributed by atoms with Crippen LogP contribution in [-0.2, 0) is 6.42 Å². The summed E-state index contributed by atoms with van der Waals surface area (Å²) in [5.41, 5.74) is 3.64. The van der Waals surface area contributed by atoms with Crippen LogP contribution in [-0.4, -0.2) is 12.5 Å². The van der Waals surface area contributed by atoms with E-state index in [0.717, 1.165) is 12.1 Å².